The number of anilines is 1. The molecule has 5 rings (SSSR count). The van der Waals surface area contributed by atoms with Crippen LogP contribution >= 0.6 is 0 Å². The lowest BCUT2D eigenvalue weighted by molar-refractivity contribution is 0.0958. The molecular weight excluding hydrogens is 412 g/mol. The predicted molar refractivity (Wildman–Crippen MR) is 115 cm³/mol. The van der Waals surface area contributed by atoms with Crippen LogP contribution < -0.4 is 5.32 Å². The number of carboxylic acid groups (broad SMARTS) is 1. The number of carbonyl (C=O) groups excluding carboxylic acids is 1. The highest BCUT2D eigenvalue weighted by Crippen LogP contribution is 2.29. The van der Waals surface area contributed by atoms with Gasteiger partial charge in [0.15, 0.2) is 0 Å². The van der Waals surface area contributed by atoms with Gasteiger partial charge in [0.2, 0.25) is 11.7 Å². The van der Waals surface area contributed by atoms with Crippen LogP contribution in [0.1, 0.15) is 33.4 Å². The first-order valence-electron chi connectivity index (χ1n) is 10.1. The SMILES string of the molecule is Cc1ccn2c(C(=O)Nc3cc(-c4noc(C5CN(C(=O)O)C5)n4)ccc3C)cnc2c1. The van der Waals surface area contributed by atoms with Crippen molar-refractivity contribution in [2.45, 2.75) is 19.8 Å². The molecular formula is C22H20N6O4. The van der Waals surface area contributed by atoms with Gasteiger partial charge in [-0.3, -0.25) is 9.20 Å². The van der Waals surface area contributed by atoms with Crippen molar-refractivity contribution >= 4 is 23.3 Å². The number of aromatic nitrogens is 4. The maximum atomic E-state index is 12.9. The van der Waals surface area contributed by atoms with Crippen molar-refractivity contribution in [2.24, 2.45) is 0 Å². The van der Waals surface area contributed by atoms with Gasteiger partial charge in [-0.2, -0.15) is 4.98 Å². The second-order valence-corrected chi connectivity index (χ2v) is 7.90. The molecule has 1 aromatic carbocycles. The molecule has 10 nitrogen and oxygen atoms in total. The maximum Gasteiger partial charge on any atom is 0.407 e. The van der Waals surface area contributed by atoms with Crippen molar-refractivity contribution in [3.63, 3.8) is 0 Å². The van der Waals surface area contributed by atoms with E-state index >= 15 is 0 Å². The number of hydrogen-bond donors (Lipinski definition) is 2. The summed E-state index contributed by atoms with van der Waals surface area (Å²) in [6, 6.07) is 9.34. The Balaban J connectivity index is 1.36. The topological polar surface area (TPSA) is 126 Å². The van der Waals surface area contributed by atoms with E-state index in [1.165, 1.54) is 4.90 Å². The minimum atomic E-state index is -0.957. The predicted octanol–water partition coefficient (Wildman–Crippen LogP) is 3.33. The van der Waals surface area contributed by atoms with E-state index in [1.54, 1.807) is 16.7 Å². The number of nitrogens with one attached hydrogen (secondary N) is 1. The van der Waals surface area contributed by atoms with Crippen LogP contribution in [-0.2, 0) is 0 Å². The Hall–Kier alpha value is -4.21. The van der Waals surface area contributed by atoms with Crippen LogP contribution in [0.25, 0.3) is 17.0 Å². The summed E-state index contributed by atoms with van der Waals surface area (Å²) in [6.07, 6.45) is 2.41. The number of nitrogens with zero attached hydrogens (tertiary/aromatic N) is 5. The third kappa shape index (κ3) is 3.45. The number of benzene rings is 1. The first kappa shape index (κ1) is 19.7. The molecule has 0 aliphatic carbocycles. The average Bonchev–Trinajstić information content (AvgIpc) is 3.35. The zero-order valence-electron chi connectivity index (χ0n) is 17.4. The van der Waals surface area contributed by atoms with Crippen LogP contribution in [0.5, 0.6) is 0 Å². The fourth-order valence-corrected chi connectivity index (χ4v) is 3.64. The standard InChI is InChI=1S/C22H20N6O4/c1-12-5-6-28-17(9-23-18(28)7-12)20(29)24-16-8-14(4-3-13(16)2)19-25-21(32-26-19)15-10-27(11-15)22(30)31/h3-9,15H,10-11H2,1-2H3,(H,24,29)(H,30,31). The molecule has 10 heteroatoms. The fraction of sp³-hybridized carbons (Fsp3) is 0.227. The van der Waals surface area contributed by atoms with E-state index in [1.807, 2.05) is 44.3 Å². The van der Waals surface area contributed by atoms with Gasteiger partial charge in [-0.05, 0) is 43.2 Å². The summed E-state index contributed by atoms with van der Waals surface area (Å²) >= 11 is 0. The van der Waals surface area contributed by atoms with Crippen LogP contribution in [-0.4, -0.2) is 54.6 Å². The van der Waals surface area contributed by atoms with Gasteiger partial charge < -0.3 is 19.8 Å². The van der Waals surface area contributed by atoms with Crippen molar-refractivity contribution in [1.29, 1.82) is 0 Å². The minimum absolute atomic E-state index is 0.101. The monoisotopic (exact) mass is 432 g/mol. The van der Waals surface area contributed by atoms with Gasteiger partial charge in [0, 0.05) is 30.5 Å². The third-order valence-electron chi connectivity index (χ3n) is 5.59. The Morgan fingerprint density at radius 2 is 2.00 bits per heavy atom. The number of aryl methyl sites for hydroxylation is 2. The van der Waals surface area contributed by atoms with E-state index < -0.39 is 6.09 Å². The number of hydrogen-bond acceptors (Lipinski definition) is 6. The minimum Gasteiger partial charge on any atom is -0.465 e. The highest BCUT2D eigenvalue weighted by atomic mass is 16.5. The summed E-state index contributed by atoms with van der Waals surface area (Å²) in [5, 5.41) is 15.9. The summed E-state index contributed by atoms with van der Waals surface area (Å²) in [4.78, 5) is 33.9. The first-order valence-corrected chi connectivity index (χ1v) is 10.1. The molecule has 2 amide bonds. The molecule has 32 heavy (non-hydrogen) atoms. The summed E-state index contributed by atoms with van der Waals surface area (Å²) in [6.45, 7) is 4.55. The van der Waals surface area contributed by atoms with Gasteiger partial charge in [0.05, 0.1) is 12.1 Å². The van der Waals surface area contributed by atoms with Crippen molar-refractivity contribution < 1.29 is 19.2 Å². The Kier molecular flexibility index (Phi) is 4.62. The molecule has 2 N–H and O–H groups in total. The molecule has 0 unspecified atom stereocenters. The van der Waals surface area contributed by atoms with Gasteiger partial charge in [-0.25, -0.2) is 9.78 Å². The first-order chi connectivity index (χ1) is 15.4. The Bertz CT molecular complexity index is 1350. The van der Waals surface area contributed by atoms with Crippen LogP contribution in [0.2, 0.25) is 0 Å². The number of amides is 2. The molecule has 162 valence electrons. The summed E-state index contributed by atoms with van der Waals surface area (Å²) < 4.78 is 7.08. The number of rotatable bonds is 4. The fourth-order valence-electron chi connectivity index (χ4n) is 3.64. The lowest BCUT2D eigenvalue weighted by Crippen LogP contribution is -2.47. The van der Waals surface area contributed by atoms with Crippen LogP contribution in [0.3, 0.4) is 0 Å². The number of carbonyl (C=O) groups is 2. The number of likely N-dealkylation sites (tertiary alicyclic amines) is 1. The van der Waals surface area contributed by atoms with Gasteiger partial charge in [0.1, 0.15) is 11.3 Å². The molecule has 1 aliphatic rings. The Labute approximate surface area is 182 Å². The smallest absolute Gasteiger partial charge is 0.407 e. The highest BCUT2D eigenvalue weighted by Gasteiger charge is 2.35. The van der Waals surface area contributed by atoms with Gasteiger partial charge >= 0.3 is 6.09 Å². The molecule has 0 spiro atoms. The van der Waals surface area contributed by atoms with Crippen molar-refractivity contribution in [2.75, 3.05) is 18.4 Å². The molecule has 0 bridgehead atoms. The van der Waals surface area contributed by atoms with Crippen LogP contribution in [0.15, 0.2) is 47.2 Å². The van der Waals surface area contributed by atoms with Crippen LogP contribution in [0.4, 0.5) is 10.5 Å². The second kappa shape index (κ2) is 7.49. The zero-order chi connectivity index (χ0) is 22.4. The van der Waals surface area contributed by atoms with Crippen molar-refractivity contribution in [3.05, 3.63) is 65.4 Å². The molecule has 4 aromatic rings. The van der Waals surface area contributed by atoms with E-state index in [2.05, 4.69) is 20.4 Å². The summed E-state index contributed by atoms with van der Waals surface area (Å²) in [5.74, 6) is 0.411. The zero-order valence-corrected chi connectivity index (χ0v) is 17.4. The number of imidazole rings is 1. The normalized spacial score (nSPS) is 13.9. The van der Waals surface area contributed by atoms with Gasteiger partial charge in [0.25, 0.3) is 5.91 Å². The molecule has 0 radical (unpaired) electrons. The van der Waals surface area contributed by atoms with Gasteiger partial charge in [-0.1, -0.05) is 17.3 Å². The number of fused-ring (bicyclic) bond motifs is 1. The molecule has 4 heterocycles. The Morgan fingerprint density at radius 3 is 2.78 bits per heavy atom. The van der Waals surface area contributed by atoms with E-state index in [0.717, 1.165) is 11.1 Å². The van der Waals surface area contributed by atoms with E-state index in [-0.39, 0.29) is 11.8 Å². The molecule has 0 saturated carbocycles. The lowest BCUT2D eigenvalue weighted by atomic mass is 10.0. The maximum absolute atomic E-state index is 12.9. The molecule has 3 aromatic heterocycles. The summed E-state index contributed by atoms with van der Waals surface area (Å²) in [7, 11) is 0. The van der Waals surface area contributed by atoms with Crippen molar-refractivity contribution in [1.82, 2.24) is 24.4 Å². The lowest BCUT2D eigenvalue weighted by Gasteiger charge is -2.34. The second-order valence-electron chi connectivity index (χ2n) is 7.90. The van der Waals surface area contributed by atoms with E-state index in [4.69, 9.17) is 9.63 Å². The van der Waals surface area contributed by atoms with E-state index in [9.17, 15) is 9.59 Å². The molecule has 1 saturated heterocycles. The van der Waals surface area contributed by atoms with Crippen molar-refractivity contribution in [3.8, 4) is 11.4 Å². The average molecular weight is 432 g/mol. The summed E-state index contributed by atoms with van der Waals surface area (Å²) in [5.41, 5.74) is 4.39. The Morgan fingerprint density at radius 1 is 1.19 bits per heavy atom. The number of pyridine rings is 1. The molecule has 1 fully saturated rings. The quantitative estimate of drug-likeness (QED) is 0.506. The van der Waals surface area contributed by atoms with Gasteiger partial charge in [-0.15, -0.1) is 0 Å². The highest BCUT2D eigenvalue weighted by molar-refractivity contribution is 6.04. The van der Waals surface area contributed by atoms with E-state index in [0.29, 0.717) is 47.4 Å². The van der Waals surface area contributed by atoms with Crippen LogP contribution in [0, 0.1) is 13.8 Å². The molecule has 1 aliphatic heterocycles. The largest absolute Gasteiger partial charge is 0.465 e. The molecule has 0 atom stereocenters. The third-order valence-corrected chi connectivity index (χ3v) is 5.59.